The van der Waals surface area contributed by atoms with Crippen LogP contribution in [0.2, 0.25) is 0 Å². The summed E-state index contributed by atoms with van der Waals surface area (Å²) in [6.45, 7) is 1.14. The van der Waals surface area contributed by atoms with Crippen molar-refractivity contribution in [2.24, 2.45) is 5.92 Å². The van der Waals surface area contributed by atoms with E-state index in [2.05, 4.69) is 5.32 Å². The van der Waals surface area contributed by atoms with Crippen molar-refractivity contribution in [3.8, 4) is 0 Å². The van der Waals surface area contributed by atoms with E-state index in [1.807, 2.05) is 0 Å². The Morgan fingerprint density at radius 2 is 1.57 bits per heavy atom. The van der Waals surface area contributed by atoms with Gasteiger partial charge in [0, 0.05) is 6.04 Å². The molecular weight excluding hydrogens is 174 g/mol. The van der Waals surface area contributed by atoms with Gasteiger partial charge in [-0.2, -0.15) is 0 Å². The van der Waals surface area contributed by atoms with Crippen molar-refractivity contribution in [1.82, 2.24) is 5.32 Å². The van der Waals surface area contributed by atoms with Crippen molar-refractivity contribution in [2.45, 2.75) is 63.5 Å². The second-order valence-electron chi connectivity index (χ2n) is 5.02. The Kier molecular flexibility index (Phi) is 3.82. The van der Waals surface area contributed by atoms with Crippen molar-refractivity contribution in [2.75, 3.05) is 6.54 Å². The topological polar surface area (TPSA) is 32.3 Å². The molecule has 2 aliphatic rings. The summed E-state index contributed by atoms with van der Waals surface area (Å²) < 4.78 is 0. The third-order valence-corrected chi connectivity index (χ3v) is 3.87. The van der Waals surface area contributed by atoms with Crippen LogP contribution in [0.1, 0.15) is 51.4 Å². The van der Waals surface area contributed by atoms with Crippen molar-refractivity contribution in [3.05, 3.63) is 0 Å². The van der Waals surface area contributed by atoms with Crippen molar-refractivity contribution < 1.29 is 5.11 Å². The van der Waals surface area contributed by atoms with E-state index in [4.69, 9.17) is 0 Å². The predicted molar refractivity (Wildman–Crippen MR) is 58.2 cm³/mol. The van der Waals surface area contributed by atoms with Gasteiger partial charge in [-0.05, 0) is 38.1 Å². The number of hydrogen-bond acceptors (Lipinski definition) is 2. The molecule has 2 saturated carbocycles. The number of aliphatic hydroxyl groups is 1. The monoisotopic (exact) mass is 197 g/mol. The van der Waals surface area contributed by atoms with Crippen LogP contribution in [-0.4, -0.2) is 23.8 Å². The van der Waals surface area contributed by atoms with Gasteiger partial charge in [-0.15, -0.1) is 0 Å². The maximum Gasteiger partial charge on any atom is 0.0693 e. The van der Waals surface area contributed by atoms with Gasteiger partial charge in [-0.25, -0.2) is 0 Å². The van der Waals surface area contributed by atoms with E-state index in [-0.39, 0.29) is 6.10 Å². The van der Waals surface area contributed by atoms with E-state index in [0.717, 1.165) is 18.9 Å². The van der Waals surface area contributed by atoms with Crippen LogP contribution < -0.4 is 5.32 Å². The Hall–Kier alpha value is -0.0800. The maximum absolute atomic E-state index is 9.78. The fraction of sp³-hybridized carbons (Fsp3) is 1.00. The minimum Gasteiger partial charge on any atom is -0.392 e. The molecule has 0 radical (unpaired) electrons. The standard InChI is InChI=1S/C12H23NO/c14-12-8-4-3-7-11(12)13-9-10-5-1-2-6-10/h10-14H,1-9H2/t11-,12-/m1/s1. The lowest BCUT2D eigenvalue weighted by molar-refractivity contribution is 0.0890. The average Bonchev–Trinajstić information content (AvgIpc) is 2.69. The molecule has 0 aliphatic heterocycles. The molecule has 0 amide bonds. The normalized spacial score (nSPS) is 34.9. The summed E-state index contributed by atoms with van der Waals surface area (Å²) in [7, 11) is 0. The second kappa shape index (κ2) is 5.13. The fourth-order valence-electron chi connectivity index (χ4n) is 2.88. The number of rotatable bonds is 3. The third-order valence-electron chi connectivity index (χ3n) is 3.87. The predicted octanol–water partition coefficient (Wildman–Crippen LogP) is 2.07. The molecule has 0 spiro atoms. The summed E-state index contributed by atoms with van der Waals surface area (Å²) in [6.07, 6.45) is 10.2. The summed E-state index contributed by atoms with van der Waals surface area (Å²) in [6, 6.07) is 0.393. The van der Waals surface area contributed by atoms with E-state index < -0.39 is 0 Å². The van der Waals surface area contributed by atoms with Crippen LogP contribution >= 0.6 is 0 Å². The molecule has 0 saturated heterocycles. The maximum atomic E-state index is 9.78. The molecule has 2 nitrogen and oxygen atoms in total. The number of aliphatic hydroxyl groups excluding tert-OH is 1. The summed E-state index contributed by atoms with van der Waals surface area (Å²) >= 11 is 0. The molecule has 2 atom stereocenters. The SMILES string of the molecule is O[C@@H]1CCCC[C@H]1NCC1CCCC1. The third kappa shape index (κ3) is 2.71. The minimum atomic E-state index is -0.0786. The minimum absolute atomic E-state index is 0.0786. The largest absolute Gasteiger partial charge is 0.392 e. The van der Waals surface area contributed by atoms with E-state index in [1.54, 1.807) is 0 Å². The first kappa shape index (κ1) is 10.4. The molecule has 2 fully saturated rings. The Labute approximate surface area is 87.1 Å². The molecule has 2 rings (SSSR count). The van der Waals surface area contributed by atoms with Crippen molar-refractivity contribution in [3.63, 3.8) is 0 Å². The lowest BCUT2D eigenvalue weighted by Gasteiger charge is -2.29. The van der Waals surface area contributed by atoms with Gasteiger partial charge in [0.15, 0.2) is 0 Å². The Balaban J connectivity index is 1.67. The van der Waals surface area contributed by atoms with Crippen LogP contribution in [0.15, 0.2) is 0 Å². The van der Waals surface area contributed by atoms with Gasteiger partial charge in [0.05, 0.1) is 6.10 Å². The molecule has 2 N–H and O–H groups in total. The molecular formula is C12H23NO. The highest BCUT2D eigenvalue weighted by molar-refractivity contribution is 4.82. The van der Waals surface area contributed by atoms with Crippen LogP contribution in [0.3, 0.4) is 0 Å². The Morgan fingerprint density at radius 3 is 2.29 bits per heavy atom. The molecule has 0 unspecified atom stereocenters. The first-order chi connectivity index (χ1) is 6.86. The van der Waals surface area contributed by atoms with Gasteiger partial charge in [-0.3, -0.25) is 0 Å². The van der Waals surface area contributed by atoms with E-state index in [1.165, 1.54) is 44.9 Å². The first-order valence-corrected chi connectivity index (χ1v) is 6.28. The molecule has 0 bridgehead atoms. The van der Waals surface area contributed by atoms with Crippen LogP contribution in [-0.2, 0) is 0 Å². The number of hydrogen-bond donors (Lipinski definition) is 2. The molecule has 82 valence electrons. The van der Waals surface area contributed by atoms with Gasteiger partial charge >= 0.3 is 0 Å². The number of nitrogens with one attached hydrogen (secondary N) is 1. The zero-order valence-corrected chi connectivity index (χ0v) is 9.04. The zero-order chi connectivity index (χ0) is 9.80. The lowest BCUT2D eigenvalue weighted by Crippen LogP contribution is -2.43. The van der Waals surface area contributed by atoms with Gasteiger partial charge in [0.25, 0.3) is 0 Å². The van der Waals surface area contributed by atoms with Crippen LogP contribution in [0, 0.1) is 5.92 Å². The highest BCUT2D eigenvalue weighted by Crippen LogP contribution is 2.25. The molecule has 0 aromatic heterocycles. The molecule has 14 heavy (non-hydrogen) atoms. The Bertz CT molecular complexity index is 166. The lowest BCUT2D eigenvalue weighted by atomic mass is 9.92. The van der Waals surface area contributed by atoms with Crippen molar-refractivity contribution >= 4 is 0 Å². The molecule has 0 aromatic carbocycles. The van der Waals surface area contributed by atoms with Gasteiger partial charge in [0.1, 0.15) is 0 Å². The van der Waals surface area contributed by atoms with E-state index >= 15 is 0 Å². The van der Waals surface area contributed by atoms with Gasteiger partial charge in [0.2, 0.25) is 0 Å². The quantitative estimate of drug-likeness (QED) is 0.726. The summed E-state index contributed by atoms with van der Waals surface area (Å²) in [5.41, 5.74) is 0. The average molecular weight is 197 g/mol. The fourth-order valence-corrected chi connectivity index (χ4v) is 2.88. The van der Waals surface area contributed by atoms with E-state index in [0.29, 0.717) is 6.04 Å². The molecule has 0 aromatic rings. The highest BCUT2D eigenvalue weighted by Gasteiger charge is 2.24. The van der Waals surface area contributed by atoms with Gasteiger partial charge in [-0.1, -0.05) is 25.7 Å². The van der Waals surface area contributed by atoms with Crippen LogP contribution in [0.25, 0.3) is 0 Å². The first-order valence-electron chi connectivity index (χ1n) is 6.28. The van der Waals surface area contributed by atoms with Gasteiger partial charge < -0.3 is 10.4 Å². The van der Waals surface area contributed by atoms with Crippen molar-refractivity contribution in [1.29, 1.82) is 0 Å². The highest BCUT2D eigenvalue weighted by atomic mass is 16.3. The van der Waals surface area contributed by atoms with E-state index in [9.17, 15) is 5.11 Å². The summed E-state index contributed by atoms with van der Waals surface area (Å²) in [5, 5.41) is 13.3. The zero-order valence-electron chi connectivity index (χ0n) is 9.04. The second-order valence-corrected chi connectivity index (χ2v) is 5.02. The molecule has 2 aliphatic carbocycles. The summed E-state index contributed by atoms with van der Waals surface area (Å²) in [5.74, 6) is 0.893. The Morgan fingerprint density at radius 1 is 0.929 bits per heavy atom. The smallest absolute Gasteiger partial charge is 0.0693 e. The molecule has 0 heterocycles. The summed E-state index contributed by atoms with van der Waals surface area (Å²) in [4.78, 5) is 0. The van der Waals surface area contributed by atoms with Crippen LogP contribution in [0.5, 0.6) is 0 Å². The molecule has 2 heteroatoms. The van der Waals surface area contributed by atoms with Crippen LogP contribution in [0.4, 0.5) is 0 Å².